The summed E-state index contributed by atoms with van der Waals surface area (Å²) in [7, 11) is -2.27. The lowest BCUT2D eigenvalue weighted by Crippen LogP contribution is -2.37. The molecule has 0 heterocycles. The van der Waals surface area contributed by atoms with Crippen molar-refractivity contribution in [1.29, 1.82) is 0 Å². The molecule has 0 fully saturated rings. The number of ether oxygens (including phenoxy) is 1. The fourth-order valence-electron chi connectivity index (χ4n) is 3.84. The van der Waals surface area contributed by atoms with Gasteiger partial charge in [0.05, 0.1) is 12.9 Å². The number of rotatable bonds is 11. The number of urea groups is 1. The van der Waals surface area contributed by atoms with Crippen LogP contribution < -0.4 is 14.2 Å². The van der Waals surface area contributed by atoms with E-state index >= 15 is 0 Å². The highest BCUT2D eigenvalue weighted by Gasteiger charge is 2.22. The summed E-state index contributed by atoms with van der Waals surface area (Å²) < 4.78 is 34.6. The van der Waals surface area contributed by atoms with Crippen LogP contribution in [0.4, 0.5) is 10.5 Å². The maximum absolute atomic E-state index is 13.5. The van der Waals surface area contributed by atoms with Crippen molar-refractivity contribution < 1.29 is 22.1 Å². The van der Waals surface area contributed by atoms with Gasteiger partial charge in [0.2, 0.25) is 0 Å². The molecule has 2 rings (SSSR count). The first kappa shape index (κ1) is 28.5. The van der Waals surface area contributed by atoms with E-state index in [9.17, 15) is 13.2 Å². The third kappa shape index (κ3) is 7.88. The van der Waals surface area contributed by atoms with Gasteiger partial charge in [-0.15, -0.1) is 0 Å². The molecule has 0 saturated heterocycles. The molecule has 0 aliphatic carbocycles. The van der Waals surface area contributed by atoms with Gasteiger partial charge >= 0.3 is 16.1 Å². The number of para-hydroxylation sites is 1. The summed E-state index contributed by atoms with van der Waals surface area (Å²) in [6, 6.07) is 11.0. The van der Waals surface area contributed by atoms with Gasteiger partial charge in [0.15, 0.2) is 11.5 Å². The Kier molecular flexibility index (Phi) is 10.0. The first-order valence-corrected chi connectivity index (χ1v) is 13.7. The summed E-state index contributed by atoms with van der Waals surface area (Å²) in [6.07, 6.45) is 0. The van der Waals surface area contributed by atoms with Gasteiger partial charge in [-0.1, -0.05) is 65.8 Å². The molecule has 0 bridgehead atoms. The molecule has 2 aromatic rings. The second-order valence-corrected chi connectivity index (χ2v) is 11.6. The van der Waals surface area contributed by atoms with E-state index in [0.29, 0.717) is 12.3 Å². The molecule has 0 radical (unpaired) electrons. The Hall–Kier alpha value is -2.74. The Morgan fingerprint density at radius 3 is 2.06 bits per heavy atom. The molecule has 0 aromatic heterocycles. The number of nitrogens with zero attached hydrogens (tertiary/aromatic N) is 1. The first-order valence-electron chi connectivity index (χ1n) is 12.2. The molecule has 0 spiro atoms. The van der Waals surface area contributed by atoms with E-state index < -0.39 is 10.1 Å². The van der Waals surface area contributed by atoms with Crippen molar-refractivity contribution >= 4 is 21.8 Å². The Bertz CT molecular complexity index is 1080. The van der Waals surface area contributed by atoms with Crippen LogP contribution in [0.3, 0.4) is 0 Å². The van der Waals surface area contributed by atoms with Gasteiger partial charge in [-0.3, -0.25) is 0 Å². The van der Waals surface area contributed by atoms with Gasteiger partial charge in [-0.2, -0.15) is 8.42 Å². The number of anilines is 1. The van der Waals surface area contributed by atoms with E-state index in [0.717, 1.165) is 22.4 Å². The van der Waals surface area contributed by atoms with E-state index in [1.807, 2.05) is 12.1 Å². The molecule has 2 amide bonds. The summed E-state index contributed by atoms with van der Waals surface area (Å²) in [6.45, 7) is 14.9. The molecule has 8 heteroatoms. The van der Waals surface area contributed by atoms with E-state index in [1.54, 1.807) is 17.0 Å². The summed E-state index contributed by atoms with van der Waals surface area (Å²) in [5, 5.41) is 3.19. The normalized spacial score (nSPS) is 11.7. The van der Waals surface area contributed by atoms with Crippen LogP contribution >= 0.6 is 0 Å². The molecule has 194 valence electrons. The van der Waals surface area contributed by atoms with Gasteiger partial charge in [-0.05, 0) is 53.5 Å². The second kappa shape index (κ2) is 12.3. The minimum absolute atomic E-state index is 0.115. The maximum atomic E-state index is 13.5. The zero-order valence-electron chi connectivity index (χ0n) is 22.2. The topological polar surface area (TPSA) is 84.9 Å². The van der Waals surface area contributed by atoms with Crippen molar-refractivity contribution in [3.05, 3.63) is 53.1 Å². The van der Waals surface area contributed by atoms with Gasteiger partial charge in [-0.25, -0.2) is 4.79 Å². The third-order valence-corrected chi connectivity index (χ3v) is 6.79. The van der Waals surface area contributed by atoms with Crippen molar-refractivity contribution in [2.24, 2.45) is 5.92 Å². The molecular weight excluding hydrogens is 464 g/mol. The Morgan fingerprint density at radius 1 is 0.971 bits per heavy atom. The molecule has 0 aliphatic rings. The van der Waals surface area contributed by atoms with Crippen LogP contribution in [-0.4, -0.2) is 38.8 Å². The van der Waals surface area contributed by atoms with Gasteiger partial charge in [0.25, 0.3) is 0 Å². The second-order valence-electron chi connectivity index (χ2n) is 9.74. The molecule has 0 unspecified atom stereocenters. The van der Waals surface area contributed by atoms with E-state index in [1.165, 1.54) is 14.0 Å². The first-order chi connectivity index (χ1) is 16.4. The number of hydrogen-bond acceptors (Lipinski definition) is 5. The number of carbonyl (C=O) groups excluding carboxylic acids is 1. The van der Waals surface area contributed by atoms with Crippen LogP contribution in [0.15, 0.2) is 36.4 Å². The van der Waals surface area contributed by atoms with Gasteiger partial charge < -0.3 is 19.1 Å². The molecule has 7 nitrogen and oxygen atoms in total. The zero-order chi connectivity index (χ0) is 26.3. The molecule has 1 N–H and O–H groups in total. The number of amides is 2. The molecular formula is C27H40N2O5S. The highest BCUT2D eigenvalue weighted by atomic mass is 32.2. The van der Waals surface area contributed by atoms with Crippen LogP contribution in [0, 0.1) is 5.92 Å². The minimum atomic E-state index is -3.73. The smallest absolute Gasteiger partial charge is 0.322 e. The average molecular weight is 505 g/mol. The Labute approximate surface area is 210 Å². The predicted octanol–water partition coefficient (Wildman–Crippen LogP) is 6.36. The number of carbonyl (C=O) groups is 1. The Balaban J connectivity index is 2.40. The maximum Gasteiger partial charge on any atom is 0.322 e. The highest BCUT2D eigenvalue weighted by molar-refractivity contribution is 7.87. The van der Waals surface area contributed by atoms with Crippen LogP contribution in [0.2, 0.25) is 0 Å². The van der Waals surface area contributed by atoms with Crippen LogP contribution in [0.5, 0.6) is 11.5 Å². The fourth-order valence-corrected chi connectivity index (χ4v) is 4.36. The lowest BCUT2D eigenvalue weighted by molar-refractivity contribution is 0.201. The average Bonchev–Trinajstić information content (AvgIpc) is 2.78. The summed E-state index contributed by atoms with van der Waals surface area (Å²) in [5.74, 6) is 1.02. The van der Waals surface area contributed by atoms with Crippen LogP contribution in [0.25, 0.3) is 0 Å². The summed E-state index contributed by atoms with van der Waals surface area (Å²) in [4.78, 5) is 15.3. The SMILES string of the molecule is CCS(=O)(=O)Oc1cc(CN(CC(C)C)C(=O)Nc2c(C(C)C)cccc2C(C)C)ccc1OC. The van der Waals surface area contributed by atoms with Crippen molar-refractivity contribution in [3.8, 4) is 11.5 Å². The van der Waals surface area contributed by atoms with Crippen molar-refractivity contribution in [1.82, 2.24) is 4.90 Å². The molecule has 2 aromatic carbocycles. The number of methoxy groups -OCH3 is 1. The standard InChI is InChI=1S/C27H40N2O5S/c1-9-35(31,32)34-25-15-21(13-14-24(25)33-8)17-29(16-18(2)3)27(30)28-26-22(19(4)5)11-10-12-23(26)20(6)7/h10-15,18-20H,9,16-17H2,1-8H3,(H,28,30). The molecule has 0 saturated carbocycles. The minimum Gasteiger partial charge on any atom is -0.493 e. The van der Waals surface area contributed by atoms with Crippen molar-refractivity contribution in [2.45, 2.75) is 66.8 Å². The van der Waals surface area contributed by atoms with E-state index in [2.05, 4.69) is 59.0 Å². The summed E-state index contributed by atoms with van der Waals surface area (Å²) >= 11 is 0. The quantitative estimate of drug-likeness (QED) is 0.360. The molecule has 0 atom stereocenters. The lowest BCUT2D eigenvalue weighted by atomic mass is 9.93. The van der Waals surface area contributed by atoms with E-state index in [4.69, 9.17) is 8.92 Å². The lowest BCUT2D eigenvalue weighted by Gasteiger charge is -2.28. The van der Waals surface area contributed by atoms with Crippen molar-refractivity contribution in [2.75, 3.05) is 24.7 Å². The molecule has 0 aliphatic heterocycles. The Morgan fingerprint density at radius 2 is 1.57 bits per heavy atom. The highest BCUT2D eigenvalue weighted by Crippen LogP contribution is 2.33. The third-order valence-electron chi connectivity index (χ3n) is 5.65. The number of benzene rings is 2. The fraction of sp³-hybridized carbons (Fsp3) is 0.519. The molecule has 35 heavy (non-hydrogen) atoms. The monoisotopic (exact) mass is 504 g/mol. The van der Waals surface area contributed by atoms with Gasteiger partial charge in [0.1, 0.15) is 0 Å². The number of hydrogen-bond donors (Lipinski definition) is 1. The van der Waals surface area contributed by atoms with Crippen LogP contribution in [-0.2, 0) is 16.7 Å². The largest absolute Gasteiger partial charge is 0.493 e. The zero-order valence-corrected chi connectivity index (χ0v) is 23.0. The number of nitrogens with one attached hydrogen (secondary N) is 1. The predicted molar refractivity (Wildman–Crippen MR) is 142 cm³/mol. The van der Waals surface area contributed by atoms with Gasteiger partial charge in [0, 0.05) is 18.8 Å². The van der Waals surface area contributed by atoms with E-state index in [-0.39, 0.29) is 41.8 Å². The van der Waals surface area contributed by atoms with Crippen molar-refractivity contribution in [3.63, 3.8) is 0 Å². The van der Waals surface area contributed by atoms with Crippen LogP contribution in [0.1, 0.15) is 77.0 Å². The summed E-state index contributed by atoms with van der Waals surface area (Å²) in [5.41, 5.74) is 3.80.